The first-order chi connectivity index (χ1) is 8.91. The SMILES string of the molecule is CCCCCCC(C)NCCCN(CC)S(C)(=O)=O. The van der Waals surface area contributed by atoms with E-state index >= 15 is 0 Å². The summed E-state index contributed by atoms with van der Waals surface area (Å²) in [6.45, 7) is 8.38. The molecule has 0 amide bonds. The lowest BCUT2D eigenvalue weighted by Crippen LogP contribution is -2.34. The molecule has 0 saturated heterocycles. The second-order valence-corrected chi connectivity index (χ2v) is 7.30. The van der Waals surface area contributed by atoms with Crippen LogP contribution in [-0.4, -0.2) is 44.7 Å². The predicted octanol–water partition coefficient (Wildman–Crippen LogP) is 2.61. The van der Waals surface area contributed by atoms with Gasteiger partial charge in [0.2, 0.25) is 10.0 Å². The molecule has 0 aliphatic heterocycles. The molecule has 1 N–H and O–H groups in total. The van der Waals surface area contributed by atoms with E-state index in [-0.39, 0.29) is 0 Å². The van der Waals surface area contributed by atoms with E-state index in [2.05, 4.69) is 19.2 Å². The highest BCUT2D eigenvalue weighted by molar-refractivity contribution is 7.88. The zero-order valence-corrected chi connectivity index (χ0v) is 13.9. The summed E-state index contributed by atoms with van der Waals surface area (Å²) in [6.07, 6.45) is 8.57. The van der Waals surface area contributed by atoms with E-state index in [0.717, 1.165) is 13.0 Å². The third kappa shape index (κ3) is 10.3. The second-order valence-electron chi connectivity index (χ2n) is 5.31. The summed E-state index contributed by atoms with van der Waals surface area (Å²) in [5.74, 6) is 0. The molecule has 0 saturated carbocycles. The van der Waals surface area contributed by atoms with Crippen LogP contribution in [0.25, 0.3) is 0 Å². The van der Waals surface area contributed by atoms with Crippen LogP contribution < -0.4 is 5.32 Å². The smallest absolute Gasteiger partial charge is 0.211 e. The van der Waals surface area contributed by atoms with Crippen molar-refractivity contribution in [1.82, 2.24) is 9.62 Å². The molecule has 0 aromatic carbocycles. The Kier molecular flexibility index (Phi) is 10.6. The maximum atomic E-state index is 11.4. The monoisotopic (exact) mass is 292 g/mol. The molecule has 0 radical (unpaired) electrons. The molecule has 116 valence electrons. The van der Waals surface area contributed by atoms with E-state index in [1.165, 1.54) is 42.7 Å². The van der Waals surface area contributed by atoms with Gasteiger partial charge in [0, 0.05) is 19.1 Å². The summed E-state index contributed by atoms with van der Waals surface area (Å²) in [5.41, 5.74) is 0. The average molecular weight is 292 g/mol. The van der Waals surface area contributed by atoms with Crippen LogP contribution in [0.2, 0.25) is 0 Å². The average Bonchev–Trinajstić information content (AvgIpc) is 2.33. The Bertz CT molecular complexity index is 305. The summed E-state index contributed by atoms with van der Waals surface area (Å²) < 4.78 is 24.3. The van der Waals surface area contributed by atoms with Gasteiger partial charge in [-0.2, -0.15) is 0 Å². The molecule has 0 rings (SSSR count). The van der Waals surface area contributed by atoms with Gasteiger partial charge in [0.25, 0.3) is 0 Å². The van der Waals surface area contributed by atoms with Crippen LogP contribution in [0.1, 0.15) is 59.3 Å². The molecule has 0 heterocycles. The van der Waals surface area contributed by atoms with Crippen LogP contribution in [0.4, 0.5) is 0 Å². The zero-order valence-electron chi connectivity index (χ0n) is 13.1. The Morgan fingerprint density at radius 2 is 1.79 bits per heavy atom. The Morgan fingerprint density at radius 3 is 2.32 bits per heavy atom. The first-order valence-electron chi connectivity index (χ1n) is 7.60. The summed E-state index contributed by atoms with van der Waals surface area (Å²) in [6, 6.07) is 0.533. The largest absolute Gasteiger partial charge is 0.314 e. The number of nitrogens with one attached hydrogen (secondary N) is 1. The van der Waals surface area contributed by atoms with Gasteiger partial charge in [0.15, 0.2) is 0 Å². The first kappa shape index (κ1) is 18.9. The van der Waals surface area contributed by atoms with E-state index in [0.29, 0.717) is 19.1 Å². The van der Waals surface area contributed by atoms with E-state index in [1.807, 2.05) is 6.92 Å². The predicted molar refractivity (Wildman–Crippen MR) is 82.9 cm³/mol. The highest BCUT2D eigenvalue weighted by Crippen LogP contribution is 2.05. The third-order valence-corrected chi connectivity index (χ3v) is 4.77. The van der Waals surface area contributed by atoms with Gasteiger partial charge < -0.3 is 5.32 Å². The van der Waals surface area contributed by atoms with Crippen LogP contribution in [0, 0.1) is 0 Å². The van der Waals surface area contributed by atoms with Gasteiger partial charge in [0.1, 0.15) is 0 Å². The Labute approximate surface area is 120 Å². The van der Waals surface area contributed by atoms with Crippen molar-refractivity contribution in [2.45, 2.75) is 65.3 Å². The molecule has 0 aromatic heterocycles. The molecular weight excluding hydrogens is 260 g/mol. The van der Waals surface area contributed by atoms with E-state index in [9.17, 15) is 8.42 Å². The fourth-order valence-electron chi connectivity index (χ4n) is 2.14. The highest BCUT2D eigenvalue weighted by Gasteiger charge is 2.13. The van der Waals surface area contributed by atoms with Crippen LogP contribution in [0.3, 0.4) is 0 Å². The molecule has 4 nitrogen and oxygen atoms in total. The van der Waals surface area contributed by atoms with E-state index in [4.69, 9.17) is 0 Å². The van der Waals surface area contributed by atoms with Crippen molar-refractivity contribution in [3.05, 3.63) is 0 Å². The van der Waals surface area contributed by atoms with Gasteiger partial charge in [-0.25, -0.2) is 12.7 Å². The van der Waals surface area contributed by atoms with Gasteiger partial charge in [0.05, 0.1) is 6.26 Å². The molecule has 0 aliphatic carbocycles. The Morgan fingerprint density at radius 1 is 1.11 bits per heavy atom. The molecular formula is C14H32N2O2S. The zero-order chi connectivity index (χ0) is 14.7. The summed E-state index contributed by atoms with van der Waals surface area (Å²) in [5, 5.41) is 3.47. The van der Waals surface area contributed by atoms with Crippen LogP contribution >= 0.6 is 0 Å². The van der Waals surface area contributed by atoms with Crippen LogP contribution in [0.15, 0.2) is 0 Å². The fourth-order valence-corrected chi connectivity index (χ4v) is 3.07. The van der Waals surface area contributed by atoms with E-state index in [1.54, 1.807) is 0 Å². The lowest BCUT2D eigenvalue weighted by molar-refractivity contribution is 0.406. The third-order valence-electron chi connectivity index (χ3n) is 3.39. The number of hydrogen-bond acceptors (Lipinski definition) is 3. The van der Waals surface area contributed by atoms with Gasteiger partial charge >= 0.3 is 0 Å². The van der Waals surface area contributed by atoms with Gasteiger partial charge in [-0.3, -0.25) is 0 Å². The number of nitrogens with zero attached hydrogens (tertiary/aromatic N) is 1. The molecule has 5 heteroatoms. The Balaban J connectivity index is 3.62. The molecule has 19 heavy (non-hydrogen) atoms. The maximum Gasteiger partial charge on any atom is 0.211 e. The second kappa shape index (κ2) is 10.6. The van der Waals surface area contributed by atoms with Crippen LogP contribution in [-0.2, 0) is 10.0 Å². The van der Waals surface area contributed by atoms with E-state index < -0.39 is 10.0 Å². The topological polar surface area (TPSA) is 49.4 Å². The van der Waals surface area contributed by atoms with Gasteiger partial charge in [-0.05, 0) is 26.3 Å². The van der Waals surface area contributed by atoms with Crippen molar-refractivity contribution in [2.24, 2.45) is 0 Å². The summed E-state index contributed by atoms with van der Waals surface area (Å²) >= 11 is 0. The number of hydrogen-bond donors (Lipinski definition) is 1. The lowest BCUT2D eigenvalue weighted by Gasteiger charge is -2.19. The molecule has 0 bridgehead atoms. The van der Waals surface area contributed by atoms with Crippen molar-refractivity contribution >= 4 is 10.0 Å². The van der Waals surface area contributed by atoms with Gasteiger partial charge in [-0.15, -0.1) is 0 Å². The normalized spacial score (nSPS) is 13.9. The minimum Gasteiger partial charge on any atom is -0.314 e. The van der Waals surface area contributed by atoms with Crippen molar-refractivity contribution in [2.75, 3.05) is 25.9 Å². The fraction of sp³-hybridized carbons (Fsp3) is 1.00. The molecule has 0 spiro atoms. The molecule has 0 fully saturated rings. The van der Waals surface area contributed by atoms with Crippen molar-refractivity contribution in [3.8, 4) is 0 Å². The van der Waals surface area contributed by atoms with Crippen LogP contribution in [0.5, 0.6) is 0 Å². The minimum atomic E-state index is -3.03. The maximum absolute atomic E-state index is 11.4. The summed E-state index contributed by atoms with van der Waals surface area (Å²) in [4.78, 5) is 0. The highest BCUT2D eigenvalue weighted by atomic mass is 32.2. The number of unbranched alkanes of at least 4 members (excludes halogenated alkanes) is 3. The first-order valence-corrected chi connectivity index (χ1v) is 9.45. The van der Waals surface area contributed by atoms with Crippen molar-refractivity contribution < 1.29 is 8.42 Å². The standard InChI is InChI=1S/C14H32N2O2S/c1-5-7-8-9-11-14(3)15-12-10-13-16(6-2)19(4,17)18/h14-15H,5-13H2,1-4H3. The molecule has 0 aliphatic rings. The molecule has 1 atom stereocenters. The molecule has 0 aromatic rings. The lowest BCUT2D eigenvalue weighted by atomic mass is 10.1. The summed E-state index contributed by atoms with van der Waals surface area (Å²) in [7, 11) is -3.03. The van der Waals surface area contributed by atoms with Crippen molar-refractivity contribution in [3.63, 3.8) is 0 Å². The number of rotatable bonds is 12. The quantitative estimate of drug-likeness (QED) is 0.563. The number of sulfonamides is 1. The Hall–Kier alpha value is -0.130. The van der Waals surface area contributed by atoms with Crippen molar-refractivity contribution in [1.29, 1.82) is 0 Å². The van der Waals surface area contributed by atoms with Gasteiger partial charge in [-0.1, -0.05) is 39.5 Å². The molecule has 1 unspecified atom stereocenters. The minimum absolute atomic E-state index is 0.533.